The van der Waals surface area contributed by atoms with E-state index in [4.69, 9.17) is 0 Å². The first-order valence-electron chi connectivity index (χ1n) is 6.44. The molecule has 19 heavy (non-hydrogen) atoms. The van der Waals surface area contributed by atoms with Crippen molar-refractivity contribution in [2.75, 3.05) is 12.9 Å². The molecule has 0 atom stereocenters. The summed E-state index contributed by atoms with van der Waals surface area (Å²) in [5.74, 6) is -0.384. The minimum atomic E-state index is -3.29. The number of carbonyl (C=O) groups excluding carboxylic acids is 1. The zero-order valence-electron chi connectivity index (χ0n) is 11.0. The van der Waals surface area contributed by atoms with Crippen LogP contribution in [0.1, 0.15) is 30.4 Å². The van der Waals surface area contributed by atoms with Crippen LogP contribution in [-0.4, -0.2) is 27.2 Å². The summed E-state index contributed by atoms with van der Waals surface area (Å²) in [7, 11) is -1.99. The van der Waals surface area contributed by atoms with E-state index in [0.717, 1.165) is 24.8 Å². The Morgan fingerprint density at radius 2 is 2.00 bits per heavy atom. The fourth-order valence-electron chi connectivity index (χ4n) is 2.37. The molecule has 0 heterocycles. The topological polar surface area (TPSA) is 60.4 Å². The number of carbonyl (C=O) groups is 1. The number of methoxy groups -OCH3 is 1. The summed E-state index contributed by atoms with van der Waals surface area (Å²) < 4.78 is 28.8. The third kappa shape index (κ3) is 3.35. The number of hydrogen-bond donors (Lipinski definition) is 0. The Kier molecular flexibility index (Phi) is 4.24. The number of rotatable bonds is 5. The molecule has 0 bridgehead atoms. The highest BCUT2D eigenvalue weighted by Crippen LogP contribution is 2.25. The number of fused-ring (bicyclic) bond motifs is 1. The van der Waals surface area contributed by atoms with Crippen molar-refractivity contribution in [3.05, 3.63) is 29.3 Å². The van der Waals surface area contributed by atoms with Crippen LogP contribution >= 0.6 is 0 Å². The third-order valence-electron chi connectivity index (χ3n) is 3.45. The molecule has 0 amide bonds. The van der Waals surface area contributed by atoms with Gasteiger partial charge in [0, 0.05) is 6.42 Å². The molecule has 0 saturated carbocycles. The lowest BCUT2D eigenvalue weighted by atomic mass is 10.1. The Morgan fingerprint density at radius 3 is 2.74 bits per heavy atom. The van der Waals surface area contributed by atoms with Crippen molar-refractivity contribution >= 4 is 15.8 Å². The summed E-state index contributed by atoms with van der Waals surface area (Å²) in [5, 5.41) is 0. The summed E-state index contributed by atoms with van der Waals surface area (Å²) in [6, 6.07) is 5.38. The Hall–Kier alpha value is -1.36. The van der Waals surface area contributed by atoms with Crippen molar-refractivity contribution < 1.29 is 17.9 Å². The number of ether oxygens (including phenoxy) is 1. The Labute approximate surface area is 113 Å². The van der Waals surface area contributed by atoms with Crippen LogP contribution in [0.25, 0.3) is 0 Å². The monoisotopic (exact) mass is 282 g/mol. The molecule has 1 aromatic carbocycles. The minimum absolute atomic E-state index is 0.0130. The second kappa shape index (κ2) is 5.74. The Balaban J connectivity index is 2.05. The van der Waals surface area contributed by atoms with Crippen LogP contribution in [0.2, 0.25) is 0 Å². The molecular weight excluding hydrogens is 264 g/mol. The van der Waals surface area contributed by atoms with Crippen LogP contribution < -0.4 is 0 Å². The van der Waals surface area contributed by atoms with Crippen LogP contribution in [0.5, 0.6) is 0 Å². The number of esters is 1. The van der Waals surface area contributed by atoms with Gasteiger partial charge in [-0.2, -0.15) is 0 Å². The Morgan fingerprint density at radius 1 is 1.26 bits per heavy atom. The van der Waals surface area contributed by atoms with Crippen LogP contribution in [0.4, 0.5) is 0 Å². The molecule has 0 fully saturated rings. The molecule has 0 aromatic heterocycles. The van der Waals surface area contributed by atoms with Crippen LogP contribution in [0, 0.1) is 0 Å². The summed E-state index contributed by atoms with van der Waals surface area (Å²) in [4.78, 5) is 11.3. The molecule has 0 unspecified atom stereocenters. The quantitative estimate of drug-likeness (QED) is 0.774. The van der Waals surface area contributed by atoms with E-state index in [1.165, 1.54) is 12.7 Å². The number of aryl methyl sites for hydroxylation is 2. The van der Waals surface area contributed by atoms with Crippen molar-refractivity contribution in [3.63, 3.8) is 0 Å². The van der Waals surface area contributed by atoms with Gasteiger partial charge in [0.25, 0.3) is 0 Å². The lowest BCUT2D eigenvalue weighted by molar-refractivity contribution is -0.140. The molecule has 0 saturated heterocycles. The molecule has 1 aliphatic rings. The van der Waals surface area contributed by atoms with Crippen molar-refractivity contribution in [1.82, 2.24) is 0 Å². The fraction of sp³-hybridized carbons (Fsp3) is 0.500. The van der Waals surface area contributed by atoms with Gasteiger partial charge < -0.3 is 4.74 Å². The maximum Gasteiger partial charge on any atom is 0.305 e. The van der Waals surface area contributed by atoms with Gasteiger partial charge in [0.05, 0.1) is 17.8 Å². The highest BCUT2D eigenvalue weighted by Gasteiger charge is 2.18. The lowest BCUT2D eigenvalue weighted by Gasteiger charge is -2.06. The zero-order valence-corrected chi connectivity index (χ0v) is 11.8. The second-order valence-corrected chi connectivity index (χ2v) is 6.89. The number of sulfone groups is 1. The van der Waals surface area contributed by atoms with Gasteiger partial charge in [0.1, 0.15) is 0 Å². The molecule has 0 radical (unpaired) electrons. The molecule has 4 nitrogen and oxygen atoms in total. The smallest absolute Gasteiger partial charge is 0.305 e. The summed E-state index contributed by atoms with van der Waals surface area (Å²) in [6.45, 7) is 0. The molecule has 5 heteroatoms. The van der Waals surface area contributed by atoms with Gasteiger partial charge in [0.15, 0.2) is 9.84 Å². The average molecular weight is 282 g/mol. The van der Waals surface area contributed by atoms with Crippen molar-refractivity contribution in [1.29, 1.82) is 0 Å². The van der Waals surface area contributed by atoms with Gasteiger partial charge >= 0.3 is 5.97 Å². The van der Waals surface area contributed by atoms with E-state index in [-0.39, 0.29) is 18.1 Å². The molecule has 0 N–H and O–H groups in total. The van der Waals surface area contributed by atoms with Gasteiger partial charge in [-0.1, -0.05) is 6.07 Å². The molecule has 1 aliphatic carbocycles. The maximum absolute atomic E-state index is 12.1. The van der Waals surface area contributed by atoms with E-state index in [9.17, 15) is 13.2 Å². The first-order chi connectivity index (χ1) is 9.03. The van der Waals surface area contributed by atoms with Crippen molar-refractivity contribution in [2.45, 2.75) is 37.0 Å². The molecular formula is C14H18O4S. The molecule has 0 aliphatic heterocycles. The van der Waals surface area contributed by atoms with Gasteiger partial charge in [0.2, 0.25) is 0 Å². The standard InChI is InChI=1S/C14H18O4S/c1-18-14(15)6-3-9-19(16,17)13-8-7-11-4-2-5-12(11)10-13/h7-8,10H,2-6,9H2,1H3. The van der Waals surface area contributed by atoms with E-state index in [1.807, 2.05) is 6.07 Å². The average Bonchev–Trinajstić information content (AvgIpc) is 2.85. The SMILES string of the molecule is COC(=O)CCCS(=O)(=O)c1ccc2c(c1)CCC2. The van der Waals surface area contributed by atoms with Crippen LogP contribution in [0.15, 0.2) is 23.1 Å². The predicted molar refractivity (Wildman–Crippen MR) is 71.8 cm³/mol. The predicted octanol–water partition coefficient (Wildman–Crippen LogP) is 1.90. The third-order valence-corrected chi connectivity index (χ3v) is 5.25. The van der Waals surface area contributed by atoms with Crippen molar-refractivity contribution in [3.8, 4) is 0 Å². The molecule has 2 rings (SSSR count). The van der Waals surface area contributed by atoms with Gasteiger partial charge in [-0.3, -0.25) is 4.79 Å². The maximum atomic E-state index is 12.1. The van der Waals surface area contributed by atoms with E-state index in [0.29, 0.717) is 11.3 Å². The summed E-state index contributed by atoms with van der Waals surface area (Å²) in [6.07, 6.45) is 3.53. The normalized spacial score (nSPS) is 14.2. The highest BCUT2D eigenvalue weighted by molar-refractivity contribution is 7.91. The summed E-state index contributed by atoms with van der Waals surface area (Å²) >= 11 is 0. The second-order valence-electron chi connectivity index (χ2n) is 4.78. The molecule has 104 valence electrons. The van der Waals surface area contributed by atoms with Gasteiger partial charge in [-0.15, -0.1) is 0 Å². The van der Waals surface area contributed by atoms with E-state index < -0.39 is 9.84 Å². The van der Waals surface area contributed by atoms with Gasteiger partial charge in [-0.25, -0.2) is 8.42 Å². The molecule has 0 spiro atoms. The van der Waals surface area contributed by atoms with E-state index in [2.05, 4.69) is 4.74 Å². The first kappa shape index (κ1) is 14.1. The minimum Gasteiger partial charge on any atom is -0.469 e. The number of hydrogen-bond acceptors (Lipinski definition) is 4. The fourth-order valence-corrected chi connectivity index (χ4v) is 3.73. The summed E-state index contributed by atoms with van der Waals surface area (Å²) in [5.41, 5.74) is 2.41. The number of benzene rings is 1. The zero-order chi connectivity index (χ0) is 13.9. The van der Waals surface area contributed by atoms with Crippen LogP contribution in [0.3, 0.4) is 0 Å². The first-order valence-corrected chi connectivity index (χ1v) is 8.09. The Bertz CT molecular complexity index is 575. The van der Waals surface area contributed by atoms with Crippen LogP contribution in [-0.2, 0) is 32.2 Å². The van der Waals surface area contributed by atoms with Crippen molar-refractivity contribution in [2.24, 2.45) is 0 Å². The molecule has 1 aromatic rings. The highest BCUT2D eigenvalue weighted by atomic mass is 32.2. The largest absolute Gasteiger partial charge is 0.469 e. The van der Waals surface area contributed by atoms with E-state index in [1.54, 1.807) is 12.1 Å². The lowest BCUT2D eigenvalue weighted by Crippen LogP contribution is -2.10. The van der Waals surface area contributed by atoms with E-state index >= 15 is 0 Å². The van der Waals surface area contributed by atoms with Gasteiger partial charge in [-0.05, 0) is 48.9 Å².